The van der Waals surface area contributed by atoms with E-state index < -0.39 is 0 Å². The average Bonchev–Trinajstić information content (AvgIpc) is 2.62. The van der Waals surface area contributed by atoms with Gasteiger partial charge < -0.3 is 9.64 Å². The third-order valence-electron chi connectivity index (χ3n) is 3.88. The molecule has 0 saturated carbocycles. The van der Waals surface area contributed by atoms with E-state index in [2.05, 4.69) is 11.1 Å². The molecule has 0 radical (unpaired) electrons. The first-order chi connectivity index (χ1) is 11.3. The molecule has 23 heavy (non-hydrogen) atoms. The number of hydrogen-bond acceptors (Lipinski definition) is 4. The van der Waals surface area contributed by atoms with Crippen molar-refractivity contribution in [3.8, 4) is 11.8 Å². The predicted octanol–water partition coefficient (Wildman–Crippen LogP) is 2.64. The molecule has 1 aromatic heterocycles. The van der Waals surface area contributed by atoms with Crippen LogP contribution in [0.3, 0.4) is 0 Å². The smallest absolute Gasteiger partial charge is 0.253 e. The molecule has 116 valence electrons. The number of carbonyl (C=O) groups excluding carboxylic acids is 1. The molecule has 1 aromatic carbocycles. The second-order valence-corrected chi connectivity index (χ2v) is 5.51. The van der Waals surface area contributed by atoms with Gasteiger partial charge in [0.05, 0.1) is 18.2 Å². The number of benzene rings is 1. The topological polar surface area (TPSA) is 66.2 Å². The number of pyridine rings is 1. The van der Waals surface area contributed by atoms with Crippen LogP contribution in [0.25, 0.3) is 0 Å². The van der Waals surface area contributed by atoms with Crippen molar-refractivity contribution in [1.82, 2.24) is 9.88 Å². The molecule has 1 atom stereocenters. The first kappa shape index (κ1) is 15.0. The molecule has 1 amide bonds. The molecule has 0 N–H and O–H groups in total. The standard InChI is InChI=1S/C18H17N3O2/c19-12-14-3-5-15(6-4-14)18(22)21-11-1-2-17(13-21)23-16-7-9-20-10-8-16/h3-10,17H,1-2,11,13H2. The molecule has 1 saturated heterocycles. The summed E-state index contributed by atoms with van der Waals surface area (Å²) < 4.78 is 5.93. The summed E-state index contributed by atoms with van der Waals surface area (Å²) in [6.07, 6.45) is 5.22. The molecule has 1 unspecified atom stereocenters. The van der Waals surface area contributed by atoms with E-state index in [0.29, 0.717) is 17.7 Å². The third kappa shape index (κ3) is 3.67. The van der Waals surface area contributed by atoms with E-state index in [1.54, 1.807) is 36.7 Å². The van der Waals surface area contributed by atoms with Gasteiger partial charge in [0.1, 0.15) is 11.9 Å². The first-order valence-corrected chi connectivity index (χ1v) is 7.62. The summed E-state index contributed by atoms with van der Waals surface area (Å²) in [7, 11) is 0. The number of carbonyl (C=O) groups is 1. The van der Waals surface area contributed by atoms with Crippen LogP contribution < -0.4 is 4.74 Å². The Labute approximate surface area is 135 Å². The number of amides is 1. The van der Waals surface area contributed by atoms with E-state index in [1.807, 2.05) is 17.0 Å². The third-order valence-corrected chi connectivity index (χ3v) is 3.88. The minimum Gasteiger partial charge on any atom is -0.488 e. The van der Waals surface area contributed by atoms with E-state index in [1.165, 1.54) is 0 Å². The van der Waals surface area contributed by atoms with Gasteiger partial charge >= 0.3 is 0 Å². The van der Waals surface area contributed by atoms with Gasteiger partial charge in [-0.1, -0.05) is 0 Å². The molecule has 2 aromatic rings. The van der Waals surface area contributed by atoms with Crippen LogP contribution in [0.2, 0.25) is 0 Å². The number of nitriles is 1. The van der Waals surface area contributed by atoms with Crippen LogP contribution in [0.15, 0.2) is 48.8 Å². The Balaban J connectivity index is 1.65. The summed E-state index contributed by atoms with van der Waals surface area (Å²) in [5.41, 5.74) is 1.16. The van der Waals surface area contributed by atoms with E-state index >= 15 is 0 Å². The lowest BCUT2D eigenvalue weighted by atomic mass is 10.1. The van der Waals surface area contributed by atoms with Gasteiger partial charge in [0, 0.05) is 24.5 Å². The van der Waals surface area contributed by atoms with Crippen molar-refractivity contribution >= 4 is 5.91 Å². The van der Waals surface area contributed by atoms with Crippen molar-refractivity contribution in [2.45, 2.75) is 18.9 Å². The molecule has 1 aliphatic rings. The number of likely N-dealkylation sites (tertiary alicyclic amines) is 1. The Morgan fingerprint density at radius 1 is 1.22 bits per heavy atom. The maximum Gasteiger partial charge on any atom is 0.253 e. The van der Waals surface area contributed by atoms with Gasteiger partial charge in [0.2, 0.25) is 0 Å². The summed E-state index contributed by atoms with van der Waals surface area (Å²) in [6, 6.07) is 12.4. The monoisotopic (exact) mass is 307 g/mol. The Hall–Kier alpha value is -2.87. The van der Waals surface area contributed by atoms with Crippen molar-refractivity contribution in [3.05, 3.63) is 59.9 Å². The van der Waals surface area contributed by atoms with Gasteiger partial charge in [-0.05, 0) is 49.2 Å². The van der Waals surface area contributed by atoms with Crippen LogP contribution in [-0.4, -0.2) is 35.0 Å². The van der Waals surface area contributed by atoms with Crippen LogP contribution in [-0.2, 0) is 0 Å². The zero-order chi connectivity index (χ0) is 16.1. The van der Waals surface area contributed by atoms with E-state index in [-0.39, 0.29) is 12.0 Å². The van der Waals surface area contributed by atoms with Crippen LogP contribution in [0.1, 0.15) is 28.8 Å². The fourth-order valence-electron chi connectivity index (χ4n) is 2.70. The molecular weight excluding hydrogens is 290 g/mol. The summed E-state index contributed by atoms with van der Waals surface area (Å²) in [4.78, 5) is 18.4. The summed E-state index contributed by atoms with van der Waals surface area (Å²) >= 11 is 0. The van der Waals surface area contributed by atoms with Crippen LogP contribution in [0.4, 0.5) is 0 Å². The first-order valence-electron chi connectivity index (χ1n) is 7.62. The Bertz CT molecular complexity index is 707. The molecular formula is C18H17N3O2. The van der Waals surface area contributed by atoms with E-state index in [9.17, 15) is 4.79 Å². The molecule has 2 heterocycles. The van der Waals surface area contributed by atoms with Crippen molar-refractivity contribution in [3.63, 3.8) is 0 Å². The maximum absolute atomic E-state index is 12.6. The quantitative estimate of drug-likeness (QED) is 0.874. The average molecular weight is 307 g/mol. The number of aromatic nitrogens is 1. The second kappa shape index (κ2) is 6.93. The number of ether oxygens (including phenoxy) is 1. The molecule has 5 nitrogen and oxygen atoms in total. The largest absolute Gasteiger partial charge is 0.488 e. The van der Waals surface area contributed by atoms with E-state index in [0.717, 1.165) is 25.1 Å². The molecule has 1 aliphatic heterocycles. The molecule has 5 heteroatoms. The van der Waals surface area contributed by atoms with Crippen molar-refractivity contribution in [2.24, 2.45) is 0 Å². The SMILES string of the molecule is N#Cc1ccc(C(=O)N2CCCC(Oc3ccncc3)C2)cc1. The lowest BCUT2D eigenvalue weighted by Crippen LogP contribution is -2.44. The summed E-state index contributed by atoms with van der Waals surface area (Å²) in [5.74, 6) is 0.759. The second-order valence-electron chi connectivity index (χ2n) is 5.51. The minimum atomic E-state index is -0.0162. The van der Waals surface area contributed by atoms with Gasteiger partial charge in [-0.25, -0.2) is 0 Å². The minimum absolute atomic E-state index is 0.00604. The highest BCUT2D eigenvalue weighted by atomic mass is 16.5. The molecule has 0 bridgehead atoms. The van der Waals surface area contributed by atoms with Crippen LogP contribution in [0.5, 0.6) is 5.75 Å². The Morgan fingerprint density at radius 3 is 2.65 bits per heavy atom. The predicted molar refractivity (Wildman–Crippen MR) is 84.9 cm³/mol. The van der Waals surface area contributed by atoms with Gasteiger partial charge in [0.25, 0.3) is 5.91 Å². The van der Waals surface area contributed by atoms with Gasteiger partial charge in [-0.2, -0.15) is 5.26 Å². The van der Waals surface area contributed by atoms with E-state index in [4.69, 9.17) is 10.00 Å². The molecule has 3 rings (SSSR count). The summed E-state index contributed by atoms with van der Waals surface area (Å²) in [5, 5.41) is 8.82. The normalized spacial score (nSPS) is 17.3. The van der Waals surface area contributed by atoms with Gasteiger partial charge in [0.15, 0.2) is 0 Å². The molecule has 1 fully saturated rings. The van der Waals surface area contributed by atoms with Crippen molar-refractivity contribution in [1.29, 1.82) is 5.26 Å². The fraction of sp³-hybridized carbons (Fsp3) is 0.278. The van der Waals surface area contributed by atoms with Crippen molar-refractivity contribution < 1.29 is 9.53 Å². The van der Waals surface area contributed by atoms with Gasteiger partial charge in [-0.3, -0.25) is 9.78 Å². The highest BCUT2D eigenvalue weighted by molar-refractivity contribution is 5.94. The zero-order valence-corrected chi connectivity index (χ0v) is 12.7. The Morgan fingerprint density at radius 2 is 1.96 bits per heavy atom. The van der Waals surface area contributed by atoms with Crippen LogP contribution >= 0.6 is 0 Å². The Kier molecular flexibility index (Phi) is 4.53. The number of piperidine rings is 1. The van der Waals surface area contributed by atoms with Gasteiger partial charge in [-0.15, -0.1) is 0 Å². The highest BCUT2D eigenvalue weighted by Gasteiger charge is 2.25. The number of hydrogen-bond donors (Lipinski definition) is 0. The lowest BCUT2D eigenvalue weighted by molar-refractivity contribution is 0.0538. The number of nitrogens with zero attached hydrogens (tertiary/aromatic N) is 3. The zero-order valence-electron chi connectivity index (χ0n) is 12.7. The fourth-order valence-corrected chi connectivity index (χ4v) is 2.70. The van der Waals surface area contributed by atoms with Crippen molar-refractivity contribution in [2.75, 3.05) is 13.1 Å². The lowest BCUT2D eigenvalue weighted by Gasteiger charge is -2.33. The molecule has 0 aliphatic carbocycles. The maximum atomic E-state index is 12.6. The molecule has 0 spiro atoms. The highest BCUT2D eigenvalue weighted by Crippen LogP contribution is 2.19. The summed E-state index contributed by atoms with van der Waals surface area (Å²) in [6.45, 7) is 1.30. The van der Waals surface area contributed by atoms with Crippen LogP contribution in [0, 0.1) is 11.3 Å². The number of rotatable bonds is 3.